The molecule has 0 aliphatic rings. The van der Waals surface area contributed by atoms with E-state index < -0.39 is 0 Å². The van der Waals surface area contributed by atoms with Crippen LogP contribution in [0.3, 0.4) is 0 Å². The first-order chi connectivity index (χ1) is 0. The first-order valence-corrected chi connectivity index (χ1v) is 0. The van der Waals surface area contributed by atoms with Crippen LogP contribution in [0.5, 0.6) is 0 Å². The van der Waals surface area contributed by atoms with Crippen LogP contribution in [0.2, 0.25) is 0 Å². The third-order valence-electron chi connectivity index (χ3n) is 0. The molecule has 0 bridgehead atoms. The summed E-state index contributed by atoms with van der Waals surface area (Å²) in [5.74, 6) is 0. The van der Waals surface area contributed by atoms with Gasteiger partial charge < -0.3 is 29.0 Å². The number of rotatable bonds is 0. The molecule has 0 rings (SSSR count). The first-order valence-electron chi connectivity index (χ1n) is 0. The van der Waals surface area contributed by atoms with Crippen LogP contribution >= 0.6 is 0 Å². The fourth-order valence-electron chi connectivity index (χ4n) is 0. The number of hydrogen-bond acceptors (Lipinski definition) is 0. The van der Waals surface area contributed by atoms with Gasteiger partial charge in [-0.3, -0.25) is 0 Å². The van der Waals surface area contributed by atoms with Gasteiger partial charge in [-0.1, -0.05) is 0 Å². The minimum atomic E-state index is 0. The van der Waals surface area contributed by atoms with Crippen LogP contribution in [0.25, 0.3) is 0 Å². The summed E-state index contributed by atoms with van der Waals surface area (Å²) in [5.41, 5.74) is 0. The summed E-state index contributed by atoms with van der Waals surface area (Å²) in [6, 6.07) is 0. The van der Waals surface area contributed by atoms with Crippen LogP contribution < -0.4 is 23.5 Å². The molecular weight excluding hydrogens is 251 g/mol. The van der Waals surface area contributed by atoms with Crippen molar-refractivity contribution in [1.82, 2.24) is 0 Å². The molecule has 1 radical (unpaired) electrons. The van der Waals surface area contributed by atoms with Crippen LogP contribution in [0, 0.1) is 41.7 Å². The van der Waals surface area contributed by atoms with E-state index in [0.29, 0.717) is 0 Å². The first kappa shape index (κ1) is 400. The molecule has 0 aromatic carbocycles. The average molecular weight is 255 g/mol. The molecule has 7 heavy (non-hydrogen) atoms. The standard InChI is InChI=1S/Ce.5FH.H4O/h;5*1H;1H4/q+3;;;;;;+2/p-5. The van der Waals surface area contributed by atoms with Gasteiger partial charge in [0.25, 0.3) is 0 Å². The van der Waals surface area contributed by atoms with Crippen LogP contribution in [-0.2, 0) is 5.48 Å². The summed E-state index contributed by atoms with van der Waals surface area (Å²) >= 11 is 0. The van der Waals surface area contributed by atoms with Crippen LogP contribution in [0.4, 0.5) is 0 Å². The summed E-state index contributed by atoms with van der Waals surface area (Å²) in [5, 5.41) is 0. The summed E-state index contributed by atoms with van der Waals surface area (Å²) in [6.07, 6.45) is 0. The van der Waals surface area contributed by atoms with Gasteiger partial charge in [0.15, 0.2) is 0 Å². The Balaban J connectivity index is 0. The minimum Gasteiger partial charge on any atom is -1.00 e. The van der Waals surface area contributed by atoms with Gasteiger partial charge in [-0.25, -0.2) is 0 Å². The zero-order chi connectivity index (χ0) is 0. The van der Waals surface area contributed by atoms with Gasteiger partial charge in [0.2, 0.25) is 0 Å². The van der Waals surface area contributed by atoms with E-state index in [4.69, 9.17) is 0 Å². The molecule has 0 aromatic heterocycles. The van der Waals surface area contributed by atoms with Crippen molar-refractivity contribution < 1.29 is 70.7 Å². The van der Waals surface area contributed by atoms with Crippen molar-refractivity contribution in [2.75, 3.05) is 0 Å². The molecule has 0 heterocycles. The predicted octanol–water partition coefficient (Wildman–Crippen LogP) is -16.2. The molecule has 49 valence electrons. The summed E-state index contributed by atoms with van der Waals surface area (Å²) in [6.45, 7) is 0. The van der Waals surface area contributed by atoms with Crippen LogP contribution in [0.15, 0.2) is 0 Å². The zero-order valence-electron chi connectivity index (χ0n) is 3.10. The molecular formula is H4CeF5O. The van der Waals surface area contributed by atoms with Gasteiger partial charge in [-0.15, -0.1) is 0 Å². The van der Waals surface area contributed by atoms with Gasteiger partial charge >= 0.3 is 41.7 Å². The van der Waals surface area contributed by atoms with E-state index in [-0.39, 0.29) is 70.7 Å². The molecule has 0 saturated heterocycles. The van der Waals surface area contributed by atoms with Crippen molar-refractivity contribution in [1.29, 1.82) is 0 Å². The Bertz CT molecular complexity index is 8.04. The number of halogens is 5. The molecule has 1 nitrogen and oxygen atoms in total. The summed E-state index contributed by atoms with van der Waals surface area (Å²) < 4.78 is 0. The van der Waals surface area contributed by atoms with Crippen molar-refractivity contribution in [3.05, 3.63) is 0 Å². The monoisotopic (exact) mass is 255 g/mol. The van der Waals surface area contributed by atoms with E-state index in [9.17, 15) is 0 Å². The van der Waals surface area contributed by atoms with E-state index in [1.54, 1.807) is 0 Å². The second-order valence-electron chi connectivity index (χ2n) is 0. The fourth-order valence-corrected chi connectivity index (χ4v) is 0. The quantitative estimate of drug-likeness (QED) is 0.385. The second-order valence-corrected chi connectivity index (χ2v) is 0. The third-order valence-corrected chi connectivity index (χ3v) is 0. The van der Waals surface area contributed by atoms with E-state index in [2.05, 4.69) is 0 Å². The average Bonchev–Trinajstić information content (AvgIpc) is 0. The third kappa shape index (κ3) is 178. The van der Waals surface area contributed by atoms with Gasteiger partial charge in [-0.2, -0.15) is 0 Å². The summed E-state index contributed by atoms with van der Waals surface area (Å²) in [7, 11) is 0. The van der Waals surface area contributed by atoms with Crippen molar-refractivity contribution in [3.8, 4) is 0 Å². The molecule has 0 amide bonds. The van der Waals surface area contributed by atoms with Gasteiger partial charge in [0, 0.05) is 0 Å². The van der Waals surface area contributed by atoms with E-state index in [0.717, 1.165) is 0 Å². The molecule has 0 fully saturated rings. The summed E-state index contributed by atoms with van der Waals surface area (Å²) in [4.78, 5) is 0. The van der Waals surface area contributed by atoms with Gasteiger partial charge in [0.1, 0.15) is 0 Å². The predicted molar refractivity (Wildman–Crippen MR) is 6.27 cm³/mol. The smallest absolute Gasteiger partial charge is 1.00 e. The van der Waals surface area contributed by atoms with Crippen molar-refractivity contribution >= 4 is 0 Å². The SMILES string of the molecule is [Ce+3].[F-].[F-].[F-].[F-].[F-].[OH4+2]. The Hall–Kier alpha value is 0.987. The molecule has 0 spiro atoms. The van der Waals surface area contributed by atoms with Crippen molar-refractivity contribution in [3.63, 3.8) is 0 Å². The van der Waals surface area contributed by atoms with E-state index in [1.807, 2.05) is 0 Å². The molecule has 0 atom stereocenters. The van der Waals surface area contributed by atoms with Gasteiger partial charge in [-0.05, 0) is 0 Å². The topological polar surface area (TPSA) is 34.5 Å². The normalized spacial score (nSPS) is 0. The van der Waals surface area contributed by atoms with Crippen LogP contribution in [-0.4, -0.2) is 0 Å². The van der Waals surface area contributed by atoms with E-state index >= 15 is 0 Å². The Kier molecular flexibility index (Phi) is 14700. The molecule has 0 saturated carbocycles. The van der Waals surface area contributed by atoms with Crippen molar-refractivity contribution in [2.24, 2.45) is 0 Å². The molecule has 0 aromatic rings. The maximum absolute atomic E-state index is 0. The van der Waals surface area contributed by atoms with Gasteiger partial charge in [0.05, 0.1) is 0 Å². The van der Waals surface area contributed by atoms with Crippen molar-refractivity contribution in [2.45, 2.75) is 0 Å². The molecule has 0 aliphatic carbocycles. The Morgan fingerprint density at radius 2 is 0.429 bits per heavy atom. The van der Waals surface area contributed by atoms with Crippen LogP contribution in [0.1, 0.15) is 0 Å². The molecule has 7 heteroatoms. The zero-order valence-corrected chi connectivity index (χ0v) is 6.24. The maximum Gasteiger partial charge on any atom is 3.00 e. The van der Waals surface area contributed by atoms with E-state index in [1.165, 1.54) is 0 Å². The minimum absolute atomic E-state index is 0. The Morgan fingerprint density at radius 3 is 0.429 bits per heavy atom. The molecule has 0 aliphatic heterocycles. The fraction of sp³-hybridized carbons (Fsp3) is 0. The molecule has 0 unspecified atom stereocenters. The Labute approximate surface area is 70.4 Å². The Morgan fingerprint density at radius 1 is 0.429 bits per heavy atom. The molecule has 4 N–H and O–H groups in total. The number of hydrogen-bond donors (Lipinski definition) is 0. The maximum atomic E-state index is 0. The second kappa shape index (κ2) is 257. The largest absolute Gasteiger partial charge is 3.00 e.